The molecule has 2 aliphatic rings. The van der Waals surface area contributed by atoms with E-state index in [0.29, 0.717) is 0 Å². The SMILES string of the molecule is [F-].[F-].[Zr+4].c1cc[cH-]c1.c1ccc2c(c1)CC1=C2CCC[CH-]1. The number of hydrogen-bond donors (Lipinski definition) is 0. The van der Waals surface area contributed by atoms with Gasteiger partial charge in [-0.3, -0.25) is 0 Å². The molecule has 108 valence electrons. The molecule has 0 bridgehead atoms. The Bertz CT molecular complexity index is 527. The Balaban J connectivity index is 0.000000437. The largest absolute Gasteiger partial charge is 4.00 e. The Labute approximate surface area is 144 Å². The first kappa shape index (κ1) is 19.9. The molecular weight excluding hydrogens is 345 g/mol. The van der Waals surface area contributed by atoms with E-state index >= 15 is 0 Å². The number of fused-ring (bicyclic) bond motifs is 2. The summed E-state index contributed by atoms with van der Waals surface area (Å²) in [6, 6.07) is 18.8. The monoisotopic (exact) mass is 362 g/mol. The standard InChI is InChI=1S/C13H13.C5H5.2FH.Zr/c1-3-7-12-10(5-1)9-11-6-2-4-8-13(11)12;1-2-4-5-3-1;;;/h1,3,5-7H,2,4,8-9H2;1-5H;2*1H;/q2*-1;;;+4/p-2. The molecule has 0 fully saturated rings. The Morgan fingerprint density at radius 3 is 2.29 bits per heavy atom. The van der Waals surface area contributed by atoms with Gasteiger partial charge < -0.3 is 9.41 Å². The summed E-state index contributed by atoms with van der Waals surface area (Å²) in [6.07, 6.45) is 7.53. The molecule has 2 aromatic rings. The first-order chi connectivity index (χ1) is 8.95. The van der Waals surface area contributed by atoms with E-state index in [1.165, 1.54) is 36.8 Å². The van der Waals surface area contributed by atoms with Gasteiger partial charge in [0.25, 0.3) is 0 Å². The summed E-state index contributed by atoms with van der Waals surface area (Å²) in [5.41, 5.74) is 6.29. The van der Waals surface area contributed by atoms with E-state index in [9.17, 15) is 0 Å². The molecule has 0 amide bonds. The molecule has 2 aromatic carbocycles. The van der Waals surface area contributed by atoms with Crippen LogP contribution in [0.1, 0.15) is 30.4 Å². The Morgan fingerprint density at radius 2 is 1.62 bits per heavy atom. The van der Waals surface area contributed by atoms with E-state index in [1.807, 2.05) is 30.3 Å². The Hall–Kier alpha value is -1.08. The summed E-state index contributed by atoms with van der Waals surface area (Å²) in [5.74, 6) is 0. The van der Waals surface area contributed by atoms with Crippen LogP contribution in [0.2, 0.25) is 0 Å². The van der Waals surface area contributed by atoms with Gasteiger partial charge in [-0.1, -0.05) is 42.7 Å². The molecule has 21 heavy (non-hydrogen) atoms. The normalized spacial score (nSPS) is 13.9. The zero-order valence-electron chi connectivity index (χ0n) is 11.9. The maximum atomic E-state index is 2.43. The zero-order chi connectivity index (χ0) is 12.2. The van der Waals surface area contributed by atoms with Crippen molar-refractivity contribution in [1.29, 1.82) is 0 Å². The smallest absolute Gasteiger partial charge is 1.00 e. The van der Waals surface area contributed by atoms with E-state index in [1.54, 1.807) is 11.1 Å². The van der Waals surface area contributed by atoms with E-state index in [2.05, 4.69) is 30.7 Å². The maximum absolute atomic E-state index is 2.43. The van der Waals surface area contributed by atoms with Crippen LogP contribution in [0.5, 0.6) is 0 Å². The molecule has 0 unspecified atom stereocenters. The van der Waals surface area contributed by atoms with Gasteiger partial charge in [-0.25, -0.2) is 24.1 Å². The number of benzene rings is 1. The summed E-state index contributed by atoms with van der Waals surface area (Å²) >= 11 is 0. The number of hydrogen-bond acceptors (Lipinski definition) is 0. The third-order valence-electron chi connectivity index (χ3n) is 3.69. The summed E-state index contributed by atoms with van der Waals surface area (Å²) in [4.78, 5) is 0. The van der Waals surface area contributed by atoms with Gasteiger partial charge in [-0.05, 0) is 6.42 Å². The van der Waals surface area contributed by atoms with Crippen molar-refractivity contribution in [2.75, 3.05) is 0 Å². The Kier molecular flexibility index (Phi) is 9.28. The number of rotatable bonds is 0. The van der Waals surface area contributed by atoms with Gasteiger partial charge in [0, 0.05) is 0 Å². The minimum atomic E-state index is 0. The van der Waals surface area contributed by atoms with Crippen LogP contribution in [0.25, 0.3) is 5.57 Å². The van der Waals surface area contributed by atoms with Crippen LogP contribution in [0.15, 0.2) is 60.2 Å². The van der Waals surface area contributed by atoms with Gasteiger partial charge in [-0.2, -0.15) is 23.8 Å². The van der Waals surface area contributed by atoms with Crippen LogP contribution >= 0.6 is 0 Å². The maximum Gasteiger partial charge on any atom is 4.00 e. The summed E-state index contributed by atoms with van der Waals surface area (Å²) in [5, 5.41) is 0. The van der Waals surface area contributed by atoms with Crippen LogP contribution in [0, 0.1) is 6.42 Å². The molecule has 0 saturated carbocycles. The predicted molar refractivity (Wildman–Crippen MR) is 77.3 cm³/mol. The summed E-state index contributed by atoms with van der Waals surface area (Å²) in [6.45, 7) is 0. The fourth-order valence-corrected chi connectivity index (χ4v) is 2.82. The van der Waals surface area contributed by atoms with E-state index in [0.717, 1.165) is 0 Å². The molecule has 2 aliphatic carbocycles. The molecule has 0 radical (unpaired) electrons. The quantitative estimate of drug-likeness (QED) is 0.516. The second-order valence-electron chi connectivity index (χ2n) is 4.90. The van der Waals surface area contributed by atoms with Crippen molar-refractivity contribution in [1.82, 2.24) is 0 Å². The van der Waals surface area contributed by atoms with Gasteiger partial charge in [0.1, 0.15) is 0 Å². The second-order valence-corrected chi connectivity index (χ2v) is 4.90. The Morgan fingerprint density at radius 1 is 0.905 bits per heavy atom. The first-order valence-corrected chi connectivity index (χ1v) is 6.75. The van der Waals surface area contributed by atoms with Crippen molar-refractivity contribution in [2.45, 2.75) is 25.7 Å². The molecule has 0 heterocycles. The summed E-state index contributed by atoms with van der Waals surface area (Å²) < 4.78 is 0. The van der Waals surface area contributed by atoms with Crippen LogP contribution < -0.4 is 9.41 Å². The van der Waals surface area contributed by atoms with Crippen LogP contribution in [-0.4, -0.2) is 0 Å². The summed E-state index contributed by atoms with van der Waals surface area (Å²) in [7, 11) is 0. The van der Waals surface area contributed by atoms with Gasteiger partial charge in [0.05, 0.1) is 0 Å². The van der Waals surface area contributed by atoms with E-state index < -0.39 is 0 Å². The van der Waals surface area contributed by atoms with Gasteiger partial charge >= 0.3 is 26.2 Å². The van der Waals surface area contributed by atoms with Crippen molar-refractivity contribution in [3.05, 3.63) is 77.7 Å². The average Bonchev–Trinajstić information content (AvgIpc) is 3.10. The van der Waals surface area contributed by atoms with Crippen molar-refractivity contribution in [3.63, 3.8) is 0 Å². The molecule has 0 spiro atoms. The minimum Gasteiger partial charge on any atom is -1.00 e. The molecular formula is C18H18F2Zr. The third-order valence-corrected chi connectivity index (χ3v) is 3.69. The topological polar surface area (TPSA) is 0 Å². The minimum absolute atomic E-state index is 0. The average molecular weight is 364 g/mol. The van der Waals surface area contributed by atoms with Crippen molar-refractivity contribution in [2.24, 2.45) is 0 Å². The molecule has 4 rings (SSSR count). The van der Waals surface area contributed by atoms with Crippen LogP contribution in [0.4, 0.5) is 0 Å². The van der Waals surface area contributed by atoms with Crippen LogP contribution in [-0.2, 0) is 32.6 Å². The number of allylic oxidation sites excluding steroid dienone is 2. The second kappa shape index (κ2) is 9.79. The fraction of sp³-hybridized carbons (Fsp3) is 0.222. The molecule has 3 heteroatoms. The van der Waals surface area contributed by atoms with Crippen molar-refractivity contribution < 1.29 is 35.6 Å². The predicted octanol–water partition coefficient (Wildman–Crippen LogP) is -1.20. The zero-order valence-corrected chi connectivity index (χ0v) is 14.3. The van der Waals surface area contributed by atoms with E-state index in [4.69, 9.17) is 0 Å². The fourth-order valence-electron chi connectivity index (χ4n) is 2.82. The third kappa shape index (κ3) is 4.71. The molecule has 0 N–H and O–H groups in total. The molecule has 0 aliphatic heterocycles. The molecule has 0 aromatic heterocycles. The molecule has 0 atom stereocenters. The number of halogens is 2. The van der Waals surface area contributed by atoms with Crippen molar-refractivity contribution >= 4 is 5.57 Å². The molecule has 0 nitrogen and oxygen atoms in total. The van der Waals surface area contributed by atoms with Crippen molar-refractivity contribution in [3.8, 4) is 0 Å². The van der Waals surface area contributed by atoms with Gasteiger partial charge in [-0.15, -0.1) is 12.0 Å². The van der Waals surface area contributed by atoms with Gasteiger partial charge in [0.2, 0.25) is 0 Å². The first-order valence-electron chi connectivity index (χ1n) is 6.75. The van der Waals surface area contributed by atoms with E-state index in [-0.39, 0.29) is 35.6 Å². The molecule has 0 saturated heterocycles. The van der Waals surface area contributed by atoms with Gasteiger partial charge in [0.15, 0.2) is 0 Å². The van der Waals surface area contributed by atoms with Crippen LogP contribution in [0.3, 0.4) is 0 Å².